The van der Waals surface area contributed by atoms with Crippen molar-refractivity contribution >= 4 is 37.9 Å². The van der Waals surface area contributed by atoms with E-state index in [9.17, 15) is 8.42 Å². The number of H-pyrrole nitrogens is 1. The summed E-state index contributed by atoms with van der Waals surface area (Å²) in [5.74, 6) is 1.17. The molecule has 1 aliphatic heterocycles. The number of nitrogens with zero attached hydrogens (tertiary/aromatic N) is 5. The molecule has 0 spiro atoms. The molecule has 1 atom stereocenters. The Kier molecular flexibility index (Phi) is 4.48. The Morgan fingerprint density at radius 2 is 2.10 bits per heavy atom. The summed E-state index contributed by atoms with van der Waals surface area (Å²) < 4.78 is 32.2. The highest BCUT2D eigenvalue weighted by Gasteiger charge is 2.26. The van der Waals surface area contributed by atoms with Crippen molar-refractivity contribution in [3.05, 3.63) is 36.8 Å². The first-order chi connectivity index (χ1) is 14.5. The van der Waals surface area contributed by atoms with Crippen molar-refractivity contribution in [1.82, 2.24) is 23.9 Å². The van der Waals surface area contributed by atoms with Gasteiger partial charge >= 0.3 is 0 Å². The highest BCUT2D eigenvalue weighted by molar-refractivity contribution is 7.90. The van der Waals surface area contributed by atoms with Gasteiger partial charge in [-0.05, 0) is 32.0 Å². The van der Waals surface area contributed by atoms with Crippen LogP contribution >= 0.6 is 0 Å². The highest BCUT2D eigenvalue weighted by Crippen LogP contribution is 2.33. The lowest BCUT2D eigenvalue weighted by atomic mass is 10.1. The van der Waals surface area contributed by atoms with E-state index in [1.807, 2.05) is 18.3 Å². The van der Waals surface area contributed by atoms with Gasteiger partial charge < -0.3 is 14.6 Å². The number of morpholine rings is 1. The number of ether oxygens (including phenoxy) is 1. The van der Waals surface area contributed by atoms with Crippen molar-refractivity contribution in [3.8, 4) is 11.4 Å². The van der Waals surface area contributed by atoms with Gasteiger partial charge in [-0.2, -0.15) is 0 Å². The van der Waals surface area contributed by atoms with Gasteiger partial charge in [-0.25, -0.2) is 27.3 Å². The first-order valence-corrected chi connectivity index (χ1v) is 11.5. The maximum atomic E-state index is 12.7. The second-order valence-electron chi connectivity index (χ2n) is 7.34. The Morgan fingerprint density at radius 1 is 1.23 bits per heavy atom. The number of aromatic nitrogens is 5. The topological polar surface area (TPSA) is 106 Å². The summed E-state index contributed by atoms with van der Waals surface area (Å²) in [5, 5.41) is 1.60. The number of anilines is 1. The third-order valence-electron chi connectivity index (χ3n) is 5.50. The van der Waals surface area contributed by atoms with Crippen LogP contribution in [0.25, 0.3) is 33.5 Å². The zero-order chi connectivity index (χ0) is 20.9. The molecule has 156 valence electrons. The van der Waals surface area contributed by atoms with Crippen LogP contribution in [0.3, 0.4) is 0 Å². The fourth-order valence-corrected chi connectivity index (χ4v) is 4.80. The van der Waals surface area contributed by atoms with E-state index in [0.717, 1.165) is 22.4 Å². The standard InChI is InChI=1S/C20H22N6O3S/c1-3-30(27,28)26-9-6-16-19(25-10-11-29-12-13(25)2)23-18(24-20(16)26)15-5-8-22-17-14(15)4-7-21-17/h4-9,13H,3,10-12H2,1-2H3,(H,21,22). The zero-order valence-corrected chi connectivity index (χ0v) is 17.6. The molecule has 1 unspecified atom stereocenters. The molecule has 5 heterocycles. The summed E-state index contributed by atoms with van der Waals surface area (Å²) in [6.45, 7) is 5.56. The third-order valence-corrected chi connectivity index (χ3v) is 7.12. The number of rotatable bonds is 4. The van der Waals surface area contributed by atoms with Gasteiger partial charge in [-0.15, -0.1) is 0 Å². The van der Waals surface area contributed by atoms with Crippen LogP contribution in [0.5, 0.6) is 0 Å². The van der Waals surface area contributed by atoms with Crippen molar-refractivity contribution in [2.45, 2.75) is 19.9 Å². The normalized spacial score (nSPS) is 17.8. The minimum atomic E-state index is -3.51. The van der Waals surface area contributed by atoms with E-state index >= 15 is 0 Å². The van der Waals surface area contributed by atoms with Gasteiger partial charge in [0.05, 0.1) is 30.4 Å². The van der Waals surface area contributed by atoms with Gasteiger partial charge in [-0.1, -0.05) is 0 Å². The fraction of sp³-hybridized carbons (Fsp3) is 0.350. The van der Waals surface area contributed by atoms with E-state index in [1.165, 1.54) is 3.97 Å². The molecule has 1 aliphatic rings. The van der Waals surface area contributed by atoms with Crippen LogP contribution in [-0.2, 0) is 14.8 Å². The SMILES string of the molecule is CCS(=O)(=O)n1ccc2c(N3CCOCC3C)nc(-c3ccnc4[nH]ccc34)nc21. The largest absolute Gasteiger partial charge is 0.377 e. The Labute approximate surface area is 173 Å². The average molecular weight is 427 g/mol. The third kappa shape index (κ3) is 2.94. The average Bonchev–Trinajstić information content (AvgIpc) is 3.40. The van der Waals surface area contributed by atoms with Gasteiger partial charge in [0.15, 0.2) is 11.5 Å². The molecule has 1 fully saturated rings. The van der Waals surface area contributed by atoms with E-state index in [1.54, 1.807) is 25.4 Å². The lowest BCUT2D eigenvalue weighted by molar-refractivity contribution is 0.0987. The molecule has 0 bridgehead atoms. The molecule has 0 amide bonds. The molecule has 30 heavy (non-hydrogen) atoms. The van der Waals surface area contributed by atoms with E-state index in [2.05, 4.69) is 21.8 Å². The number of aromatic amines is 1. The number of fused-ring (bicyclic) bond motifs is 2. The number of pyridine rings is 1. The molecule has 0 aliphatic carbocycles. The van der Waals surface area contributed by atoms with Crippen molar-refractivity contribution in [2.24, 2.45) is 0 Å². The predicted molar refractivity (Wildman–Crippen MR) is 115 cm³/mol. The van der Waals surface area contributed by atoms with Crippen LogP contribution in [0.4, 0.5) is 5.82 Å². The fourth-order valence-electron chi connectivity index (χ4n) is 3.88. The van der Waals surface area contributed by atoms with Gasteiger partial charge in [-0.3, -0.25) is 0 Å². The highest BCUT2D eigenvalue weighted by atomic mass is 32.2. The van der Waals surface area contributed by atoms with Gasteiger partial charge in [0, 0.05) is 36.1 Å². The number of hydrogen-bond donors (Lipinski definition) is 1. The Balaban J connectivity index is 1.81. The first-order valence-electron chi connectivity index (χ1n) is 9.89. The maximum absolute atomic E-state index is 12.7. The second kappa shape index (κ2) is 7.06. The van der Waals surface area contributed by atoms with Crippen molar-refractivity contribution in [1.29, 1.82) is 0 Å². The summed E-state index contributed by atoms with van der Waals surface area (Å²) in [4.78, 5) is 19.2. The van der Waals surface area contributed by atoms with Crippen LogP contribution in [0.15, 0.2) is 36.8 Å². The van der Waals surface area contributed by atoms with Crippen molar-refractivity contribution in [3.63, 3.8) is 0 Å². The quantitative estimate of drug-likeness (QED) is 0.534. The van der Waals surface area contributed by atoms with Crippen molar-refractivity contribution < 1.29 is 13.2 Å². The molecule has 4 aromatic rings. The molecule has 1 saturated heterocycles. The van der Waals surface area contributed by atoms with Crippen molar-refractivity contribution in [2.75, 3.05) is 30.4 Å². The van der Waals surface area contributed by atoms with Crippen LogP contribution < -0.4 is 4.90 Å². The van der Waals surface area contributed by atoms with Crippen LogP contribution in [0.2, 0.25) is 0 Å². The van der Waals surface area contributed by atoms with E-state index in [-0.39, 0.29) is 11.8 Å². The first kappa shape index (κ1) is 19.0. The van der Waals surface area contributed by atoms with Gasteiger partial charge in [0.25, 0.3) is 0 Å². The molecular formula is C20H22N6O3S. The zero-order valence-electron chi connectivity index (χ0n) is 16.7. The summed E-state index contributed by atoms with van der Waals surface area (Å²) in [6.07, 6.45) is 5.07. The summed E-state index contributed by atoms with van der Waals surface area (Å²) in [6, 6.07) is 5.67. The van der Waals surface area contributed by atoms with E-state index in [0.29, 0.717) is 36.6 Å². The lowest BCUT2D eigenvalue weighted by Gasteiger charge is -2.34. The molecular weight excluding hydrogens is 404 g/mol. The molecule has 0 radical (unpaired) electrons. The predicted octanol–water partition coefficient (Wildman–Crippen LogP) is 2.40. The summed E-state index contributed by atoms with van der Waals surface area (Å²) in [5.41, 5.74) is 1.91. The minimum Gasteiger partial charge on any atom is -0.377 e. The maximum Gasteiger partial charge on any atom is 0.239 e. The molecule has 1 N–H and O–H groups in total. The minimum absolute atomic E-state index is 0.0171. The van der Waals surface area contributed by atoms with E-state index in [4.69, 9.17) is 14.7 Å². The van der Waals surface area contributed by atoms with Crippen LogP contribution in [0.1, 0.15) is 13.8 Å². The van der Waals surface area contributed by atoms with Crippen LogP contribution in [-0.4, -0.2) is 63.9 Å². The lowest BCUT2D eigenvalue weighted by Crippen LogP contribution is -2.44. The Bertz CT molecular complexity index is 1340. The number of nitrogens with one attached hydrogen (secondary N) is 1. The van der Waals surface area contributed by atoms with Gasteiger partial charge in [0.2, 0.25) is 10.0 Å². The molecule has 9 nitrogen and oxygen atoms in total. The smallest absolute Gasteiger partial charge is 0.239 e. The molecule has 0 saturated carbocycles. The van der Waals surface area contributed by atoms with Gasteiger partial charge in [0.1, 0.15) is 11.5 Å². The van der Waals surface area contributed by atoms with Crippen LogP contribution in [0, 0.1) is 0 Å². The molecule has 5 rings (SSSR count). The molecule has 10 heteroatoms. The Morgan fingerprint density at radius 3 is 2.90 bits per heavy atom. The number of hydrogen-bond acceptors (Lipinski definition) is 7. The van der Waals surface area contributed by atoms with E-state index < -0.39 is 10.0 Å². The summed E-state index contributed by atoms with van der Waals surface area (Å²) >= 11 is 0. The molecule has 4 aromatic heterocycles. The molecule has 0 aromatic carbocycles. The second-order valence-corrected chi connectivity index (χ2v) is 9.47. The Hall–Kier alpha value is -2.98. The summed E-state index contributed by atoms with van der Waals surface area (Å²) in [7, 11) is -3.51. The monoisotopic (exact) mass is 426 g/mol.